The summed E-state index contributed by atoms with van der Waals surface area (Å²) in [4.78, 5) is 14.3. The van der Waals surface area contributed by atoms with Gasteiger partial charge in [-0.2, -0.15) is 0 Å². The molecule has 1 rings (SSSR count). The molecule has 0 aliphatic carbocycles. The minimum atomic E-state index is -2.70. The molecule has 15 heavy (non-hydrogen) atoms. The second-order valence-corrected chi connectivity index (χ2v) is 2.88. The molecule has 0 aromatic carbocycles. The second kappa shape index (κ2) is 4.68. The number of aromatic nitrogens is 1. The van der Waals surface area contributed by atoms with Crippen molar-refractivity contribution in [1.82, 2.24) is 4.98 Å². The van der Waals surface area contributed by atoms with Gasteiger partial charge in [0.15, 0.2) is 0 Å². The van der Waals surface area contributed by atoms with Crippen molar-refractivity contribution in [3.8, 4) is 0 Å². The summed E-state index contributed by atoms with van der Waals surface area (Å²) in [5.74, 6) is -0.549. The van der Waals surface area contributed by atoms with Gasteiger partial charge in [0.1, 0.15) is 11.5 Å². The first kappa shape index (κ1) is 11.4. The summed E-state index contributed by atoms with van der Waals surface area (Å²) in [7, 11) is 1.22. The van der Waals surface area contributed by atoms with Crippen LogP contribution in [0.5, 0.6) is 0 Å². The summed E-state index contributed by atoms with van der Waals surface area (Å²) in [6.07, 6.45) is -2.80. The van der Waals surface area contributed by atoms with Crippen LogP contribution < -0.4 is 5.73 Å². The number of halogens is 2. The van der Waals surface area contributed by atoms with Crippen LogP contribution in [0.2, 0.25) is 0 Å². The van der Waals surface area contributed by atoms with Crippen LogP contribution in [0.15, 0.2) is 12.1 Å². The van der Waals surface area contributed by atoms with Crippen LogP contribution in [0.3, 0.4) is 0 Å². The number of nitrogens with zero attached hydrogens (tertiary/aromatic N) is 1. The third-order valence-electron chi connectivity index (χ3n) is 1.72. The average Bonchev–Trinajstić information content (AvgIpc) is 2.16. The first-order valence-corrected chi connectivity index (χ1v) is 4.14. The van der Waals surface area contributed by atoms with E-state index in [2.05, 4.69) is 9.72 Å². The van der Waals surface area contributed by atoms with Crippen LogP contribution in [0, 0.1) is 0 Å². The Bertz CT molecular complexity index is 369. The van der Waals surface area contributed by atoms with Gasteiger partial charge < -0.3 is 10.5 Å². The van der Waals surface area contributed by atoms with E-state index in [4.69, 9.17) is 5.73 Å². The fourth-order valence-corrected chi connectivity index (χ4v) is 1.09. The Balaban J connectivity index is 2.93. The van der Waals surface area contributed by atoms with Crippen molar-refractivity contribution >= 4 is 11.8 Å². The Labute approximate surface area is 85.1 Å². The highest BCUT2D eigenvalue weighted by atomic mass is 19.3. The first-order chi connectivity index (χ1) is 7.02. The third kappa shape index (κ3) is 3.16. The van der Waals surface area contributed by atoms with Crippen LogP contribution in [-0.2, 0) is 16.0 Å². The van der Waals surface area contributed by atoms with E-state index in [1.54, 1.807) is 0 Å². The van der Waals surface area contributed by atoms with Crippen LogP contribution in [0.25, 0.3) is 0 Å². The number of carbonyl (C=O) groups excluding carboxylic acids is 1. The number of nitrogens with two attached hydrogens (primary N) is 1. The molecule has 0 fully saturated rings. The minimum absolute atomic E-state index is 0.0355. The largest absolute Gasteiger partial charge is 0.469 e. The van der Waals surface area contributed by atoms with E-state index in [0.29, 0.717) is 5.56 Å². The molecule has 2 N–H and O–H groups in total. The summed E-state index contributed by atoms with van der Waals surface area (Å²) >= 11 is 0. The molecular weight excluding hydrogens is 206 g/mol. The average molecular weight is 216 g/mol. The summed E-state index contributed by atoms with van der Waals surface area (Å²) in [6.45, 7) is 0. The van der Waals surface area contributed by atoms with E-state index in [1.807, 2.05) is 0 Å². The number of nitrogen functional groups attached to an aromatic ring is 1. The van der Waals surface area contributed by atoms with Crippen LogP contribution in [-0.4, -0.2) is 18.1 Å². The molecule has 0 amide bonds. The maximum Gasteiger partial charge on any atom is 0.309 e. The number of rotatable bonds is 3. The van der Waals surface area contributed by atoms with E-state index >= 15 is 0 Å². The Kier molecular flexibility index (Phi) is 3.54. The fourth-order valence-electron chi connectivity index (χ4n) is 1.09. The molecule has 1 aromatic rings. The molecule has 0 spiro atoms. The predicted octanol–water partition coefficient (Wildman–Crippen LogP) is 1.32. The normalized spacial score (nSPS) is 10.4. The SMILES string of the molecule is COC(=O)Cc1cc(N)nc(C(F)F)c1. The molecule has 82 valence electrons. The topological polar surface area (TPSA) is 65.2 Å². The molecule has 0 aliphatic heterocycles. The van der Waals surface area contributed by atoms with Crippen molar-refractivity contribution in [1.29, 1.82) is 0 Å². The summed E-state index contributed by atoms with van der Waals surface area (Å²) in [6, 6.07) is 2.50. The van der Waals surface area contributed by atoms with Gasteiger partial charge in [-0.05, 0) is 17.7 Å². The van der Waals surface area contributed by atoms with Crippen LogP contribution >= 0.6 is 0 Å². The van der Waals surface area contributed by atoms with Gasteiger partial charge in [0, 0.05) is 0 Å². The standard InChI is InChI=1S/C9H10F2N2O2/c1-15-8(14)4-5-2-6(9(10)11)13-7(12)3-5/h2-3,9H,4H2,1H3,(H2,12,13). The van der Waals surface area contributed by atoms with E-state index in [-0.39, 0.29) is 12.2 Å². The number of hydrogen-bond donors (Lipinski definition) is 1. The molecule has 0 radical (unpaired) electrons. The number of carbonyl (C=O) groups is 1. The monoisotopic (exact) mass is 216 g/mol. The zero-order chi connectivity index (χ0) is 11.4. The summed E-state index contributed by atoms with van der Waals surface area (Å²) in [5.41, 5.74) is 5.25. The number of ether oxygens (including phenoxy) is 1. The maximum absolute atomic E-state index is 12.3. The van der Waals surface area contributed by atoms with E-state index < -0.39 is 18.1 Å². The van der Waals surface area contributed by atoms with Crippen molar-refractivity contribution in [2.24, 2.45) is 0 Å². The van der Waals surface area contributed by atoms with Crippen LogP contribution in [0.1, 0.15) is 17.7 Å². The molecule has 0 atom stereocenters. The van der Waals surface area contributed by atoms with Gasteiger partial charge >= 0.3 is 5.97 Å². The lowest BCUT2D eigenvalue weighted by Gasteiger charge is -2.04. The molecule has 0 saturated carbocycles. The molecule has 0 saturated heterocycles. The van der Waals surface area contributed by atoms with E-state index in [1.165, 1.54) is 13.2 Å². The van der Waals surface area contributed by atoms with Gasteiger partial charge in [0.25, 0.3) is 6.43 Å². The van der Waals surface area contributed by atoms with Gasteiger partial charge in [0.05, 0.1) is 13.5 Å². The van der Waals surface area contributed by atoms with Crippen molar-refractivity contribution in [2.75, 3.05) is 12.8 Å². The molecule has 0 aliphatic rings. The lowest BCUT2D eigenvalue weighted by Crippen LogP contribution is -2.07. The van der Waals surface area contributed by atoms with Crippen LogP contribution in [0.4, 0.5) is 14.6 Å². The molecule has 0 bridgehead atoms. The molecule has 1 heterocycles. The van der Waals surface area contributed by atoms with Gasteiger partial charge in [-0.1, -0.05) is 0 Å². The number of methoxy groups -OCH3 is 1. The zero-order valence-corrected chi connectivity index (χ0v) is 8.04. The Morgan fingerprint density at radius 1 is 1.60 bits per heavy atom. The van der Waals surface area contributed by atoms with Crippen molar-refractivity contribution in [3.05, 3.63) is 23.4 Å². The van der Waals surface area contributed by atoms with Gasteiger partial charge in [-0.3, -0.25) is 4.79 Å². The zero-order valence-electron chi connectivity index (χ0n) is 8.04. The molecule has 1 aromatic heterocycles. The highest BCUT2D eigenvalue weighted by molar-refractivity contribution is 5.72. The third-order valence-corrected chi connectivity index (χ3v) is 1.72. The highest BCUT2D eigenvalue weighted by Gasteiger charge is 2.12. The van der Waals surface area contributed by atoms with Gasteiger partial charge in [-0.15, -0.1) is 0 Å². The van der Waals surface area contributed by atoms with Crippen molar-refractivity contribution in [3.63, 3.8) is 0 Å². The van der Waals surface area contributed by atoms with E-state index in [0.717, 1.165) is 6.07 Å². The molecular formula is C9H10F2N2O2. The second-order valence-electron chi connectivity index (χ2n) is 2.88. The first-order valence-electron chi connectivity index (χ1n) is 4.14. The minimum Gasteiger partial charge on any atom is -0.469 e. The summed E-state index contributed by atoms with van der Waals surface area (Å²) in [5, 5.41) is 0. The van der Waals surface area contributed by atoms with Gasteiger partial charge in [-0.25, -0.2) is 13.8 Å². The summed E-state index contributed by atoms with van der Waals surface area (Å²) < 4.78 is 29.0. The van der Waals surface area contributed by atoms with E-state index in [9.17, 15) is 13.6 Å². The lowest BCUT2D eigenvalue weighted by molar-refractivity contribution is -0.139. The Morgan fingerprint density at radius 2 is 2.27 bits per heavy atom. The predicted molar refractivity (Wildman–Crippen MR) is 49.3 cm³/mol. The number of esters is 1. The number of anilines is 1. The smallest absolute Gasteiger partial charge is 0.309 e. The van der Waals surface area contributed by atoms with Crippen molar-refractivity contribution in [2.45, 2.75) is 12.8 Å². The maximum atomic E-state index is 12.3. The lowest BCUT2D eigenvalue weighted by atomic mass is 10.1. The Morgan fingerprint density at radius 3 is 2.80 bits per heavy atom. The molecule has 4 nitrogen and oxygen atoms in total. The quantitative estimate of drug-likeness (QED) is 0.774. The van der Waals surface area contributed by atoms with Gasteiger partial charge in [0.2, 0.25) is 0 Å². The Hall–Kier alpha value is -1.72. The number of alkyl halides is 2. The van der Waals surface area contributed by atoms with Crippen molar-refractivity contribution < 1.29 is 18.3 Å². The molecule has 0 unspecified atom stereocenters. The molecule has 6 heteroatoms. The fraction of sp³-hybridized carbons (Fsp3) is 0.333. The number of pyridine rings is 1. The number of hydrogen-bond acceptors (Lipinski definition) is 4. The highest BCUT2D eigenvalue weighted by Crippen LogP contribution is 2.19.